The van der Waals surface area contributed by atoms with Crippen molar-refractivity contribution in [3.8, 4) is 0 Å². The molecule has 0 saturated heterocycles. The minimum atomic E-state index is -3.68. The standard InChI is InChI=1S/C12H19BrN2O3S/c1-7(2)11(16)6-15-19(17,18)12-5-9(13)4-10(14)8(12)3/h4-5,7,11,15-16H,6,14H2,1-3H3. The summed E-state index contributed by atoms with van der Waals surface area (Å²) in [5, 5.41) is 9.65. The van der Waals surface area contributed by atoms with Crippen LogP contribution in [0.25, 0.3) is 0 Å². The number of hydrogen-bond acceptors (Lipinski definition) is 4. The number of aliphatic hydroxyl groups is 1. The summed E-state index contributed by atoms with van der Waals surface area (Å²) in [6.45, 7) is 5.27. The van der Waals surface area contributed by atoms with Gasteiger partial charge in [-0.05, 0) is 30.5 Å². The number of rotatable bonds is 5. The molecule has 0 fully saturated rings. The highest BCUT2D eigenvalue weighted by Gasteiger charge is 2.20. The van der Waals surface area contributed by atoms with E-state index in [9.17, 15) is 13.5 Å². The van der Waals surface area contributed by atoms with E-state index in [0.717, 1.165) is 0 Å². The minimum Gasteiger partial charge on any atom is -0.398 e. The molecule has 1 aromatic carbocycles. The van der Waals surface area contributed by atoms with Crippen LogP contribution in [0.15, 0.2) is 21.5 Å². The van der Waals surface area contributed by atoms with Crippen molar-refractivity contribution in [1.82, 2.24) is 4.72 Å². The van der Waals surface area contributed by atoms with Gasteiger partial charge in [0.1, 0.15) is 0 Å². The number of hydrogen-bond donors (Lipinski definition) is 3. The molecule has 5 nitrogen and oxygen atoms in total. The van der Waals surface area contributed by atoms with Crippen LogP contribution in [0.5, 0.6) is 0 Å². The van der Waals surface area contributed by atoms with E-state index >= 15 is 0 Å². The summed E-state index contributed by atoms with van der Waals surface area (Å²) in [5.74, 6) is -0.0172. The van der Waals surface area contributed by atoms with Crippen molar-refractivity contribution in [3.05, 3.63) is 22.2 Å². The lowest BCUT2D eigenvalue weighted by Gasteiger charge is -2.16. The largest absolute Gasteiger partial charge is 0.398 e. The predicted molar refractivity (Wildman–Crippen MR) is 79.3 cm³/mol. The summed E-state index contributed by atoms with van der Waals surface area (Å²) < 4.78 is 27.4. The average molecular weight is 351 g/mol. The Kier molecular flexibility index (Phi) is 5.37. The van der Waals surface area contributed by atoms with Crippen molar-refractivity contribution >= 4 is 31.6 Å². The molecule has 0 heterocycles. The monoisotopic (exact) mass is 350 g/mol. The Morgan fingerprint density at radius 3 is 2.53 bits per heavy atom. The van der Waals surface area contributed by atoms with Gasteiger partial charge in [-0.25, -0.2) is 13.1 Å². The minimum absolute atomic E-state index is 0.0172. The van der Waals surface area contributed by atoms with Crippen molar-refractivity contribution in [1.29, 1.82) is 0 Å². The van der Waals surface area contributed by atoms with E-state index < -0.39 is 16.1 Å². The Morgan fingerprint density at radius 2 is 2.00 bits per heavy atom. The van der Waals surface area contributed by atoms with Crippen LogP contribution in [-0.4, -0.2) is 26.2 Å². The lowest BCUT2D eigenvalue weighted by Crippen LogP contribution is -2.35. The molecule has 4 N–H and O–H groups in total. The number of nitrogens with two attached hydrogens (primary N) is 1. The van der Waals surface area contributed by atoms with Crippen LogP contribution in [0.2, 0.25) is 0 Å². The van der Waals surface area contributed by atoms with Crippen molar-refractivity contribution in [2.45, 2.75) is 31.8 Å². The maximum absolute atomic E-state index is 12.2. The number of halogens is 1. The maximum Gasteiger partial charge on any atom is 0.241 e. The fraction of sp³-hybridized carbons (Fsp3) is 0.500. The van der Waals surface area contributed by atoms with E-state index in [0.29, 0.717) is 15.7 Å². The molecule has 1 atom stereocenters. The summed E-state index contributed by atoms with van der Waals surface area (Å²) in [4.78, 5) is 0.121. The second-order valence-corrected chi connectivity index (χ2v) is 7.43. The Balaban J connectivity index is 3.01. The number of anilines is 1. The molecule has 19 heavy (non-hydrogen) atoms. The molecule has 0 aromatic heterocycles. The Labute approximate surface area is 122 Å². The first-order valence-electron chi connectivity index (χ1n) is 5.88. The molecule has 0 spiro atoms. The predicted octanol–water partition coefficient (Wildman–Crippen LogP) is 1.63. The Hall–Kier alpha value is -0.630. The van der Waals surface area contributed by atoms with Gasteiger partial charge in [0.05, 0.1) is 11.0 Å². The highest BCUT2D eigenvalue weighted by molar-refractivity contribution is 9.10. The molecule has 0 radical (unpaired) electrons. The maximum atomic E-state index is 12.2. The zero-order chi connectivity index (χ0) is 14.8. The fourth-order valence-electron chi connectivity index (χ4n) is 1.46. The van der Waals surface area contributed by atoms with Gasteiger partial charge in [-0.2, -0.15) is 0 Å². The molecule has 7 heteroatoms. The highest BCUT2D eigenvalue weighted by atomic mass is 79.9. The molecule has 0 aliphatic carbocycles. The SMILES string of the molecule is Cc1c(N)cc(Br)cc1S(=O)(=O)NCC(O)C(C)C. The molecule has 1 rings (SSSR count). The zero-order valence-corrected chi connectivity index (χ0v) is 13.5. The molecular weight excluding hydrogens is 332 g/mol. The fourth-order valence-corrected chi connectivity index (χ4v) is 3.44. The van der Waals surface area contributed by atoms with Gasteiger partial charge in [0.25, 0.3) is 0 Å². The molecule has 1 aromatic rings. The first kappa shape index (κ1) is 16.4. The number of nitrogens with one attached hydrogen (secondary N) is 1. The van der Waals surface area contributed by atoms with Crippen molar-refractivity contribution < 1.29 is 13.5 Å². The summed E-state index contributed by atoms with van der Waals surface area (Å²) in [6.07, 6.45) is -0.723. The van der Waals surface area contributed by atoms with Gasteiger partial charge in [0, 0.05) is 16.7 Å². The van der Waals surface area contributed by atoms with Crippen LogP contribution in [0, 0.1) is 12.8 Å². The van der Waals surface area contributed by atoms with E-state index in [2.05, 4.69) is 20.7 Å². The smallest absolute Gasteiger partial charge is 0.241 e. The van der Waals surface area contributed by atoms with E-state index in [1.165, 1.54) is 6.07 Å². The lowest BCUT2D eigenvalue weighted by molar-refractivity contribution is 0.129. The van der Waals surface area contributed by atoms with E-state index in [1.54, 1.807) is 13.0 Å². The van der Waals surface area contributed by atoms with E-state index in [1.807, 2.05) is 13.8 Å². The first-order valence-corrected chi connectivity index (χ1v) is 8.16. The Bertz CT molecular complexity index is 558. The third-order valence-electron chi connectivity index (χ3n) is 2.91. The lowest BCUT2D eigenvalue weighted by atomic mass is 10.1. The van der Waals surface area contributed by atoms with Crippen molar-refractivity contribution in [2.24, 2.45) is 5.92 Å². The zero-order valence-electron chi connectivity index (χ0n) is 11.1. The number of nitrogen functional groups attached to an aromatic ring is 1. The second kappa shape index (κ2) is 6.21. The quantitative estimate of drug-likeness (QED) is 0.703. The van der Waals surface area contributed by atoms with Crippen LogP contribution in [0.4, 0.5) is 5.69 Å². The van der Waals surface area contributed by atoms with Crippen LogP contribution in [0.1, 0.15) is 19.4 Å². The van der Waals surface area contributed by atoms with E-state index in [4.69, 9.17) is 5.73 Å². The summed E-state index contributed by atoms with van der Waals surface area (Å²) >= 11 is 3.22. The normalized spacial score (nSPS) is 13.8. The second-order valence-electron chi connectivity index (χ2n) is 4.78. The molecular formula is C12H19BrN2O3S. The first-order chi connectivity index (χ1) is 8.65. The topological polar surface area (TPSA) is 92.4 Å². The van der Waals surface area contributed by atoms with Gasteiger partial charge < -0.3 is 10.8 Å². The van der Waals surface area contributed by atoms with Gasteiger partial charge in [-0.1, -0.05) is 29.8 Å². The number of sulfonamides is 1. The summed E-state index contributed by atoms with van der Waals surface area (Å²) in [6, 6.07) is 3.15. The van der Waals surface area contributed by atoms with Gasteiger partial charge in [-0.15, -0.1) is 0 Å². The van der Waals surface area contributed by atoms with E-state index in [-0.39, 0.29) is 17.4 Å². The van der Waals surface area contributed by atoms with Gasteiger partial charge in [0.15, 0.2) is 0 Å². The van der Waals surface area contributed by atoms with Crippen LogP contribution in [0.3, 0.4) is 0 Å². The van der Waals surface area contributed by atoms with Gasteiger partial charge in [-0.3, -0.25) is 0 Å². The highest BCUT2D eigenvalue weighted by Crippen LogP contribution is 2.26. The van der Waals surface area contributed by atoms with Crippen LogP contribution >= 0.6 is 15.9 Å². The van der Waals surface area contributed by atoms with Crippen molar-refractivity contribution in [3.63, 3.8) is 0 Å². The van der Waals surface area contributed by atoms with Gasteiger partial charge >= 0.3 is 0 Å². The third kappa shape index (κ3) is 4.17. The molecule has 0 bridgehead atoms. The summed E-state index contributed by atoms with van der Waals surface area (Å²) in [5.41, 5.74) is 6.65. The molecule has 0 aliphatic heterocycles. The molecule has 0 saturated carbocycles. The van der Waals surface area contributed by atoms with Gasteiger partial charge in [0.2, 0.25) is 10.0 Å². The average Bonchev–Trinajstić information content (AvgIpc) is 2.30. The summed E-state index contributed by atoms with van der Waals surface area (Å²) in [7, 11) is -3.68. The van der Waals surface area contributed by atoms with Crippen molar-refractivity contribution in [2.75, 3.05) is 12.3 Å². The molecule has 0 amide bonds. The third-order valence-corrected chi connectivity index (χ3v) is 4.91. The molecule has 0 aliphatic rings. The molecule has 108 valence electrons. The number of benzene rings is 1. The Morgan fingerprint density at radius 1 is 1.42 bits per heavy atom. The molecule has 1 unspecified atom stereocenters. The number of aliphatic hydroxyl groups excluding tert-OH is 1. The van der Waals surface area contributed by atoms with Crippen LogP contribution < -0.4 is 10.5 Å². The van der Waals surface area contributed by atoms with Crippen LogP contribution in [-0.2, 0) is 10.0 Å².